The van der Waals surface area contributed by atoms with Crippen molar-refractivity contribution in [2.45, 2.75) is 45.9 Å². The maximum atomic E-state index is 9.87. The van der Waals surface area contributed by atoms with Crippen LogP contribution in [0.3, 0.4) is 0 Å². The third kappa shape index (κ3) is 3.00. The van der Waals surface area contributed by atoms with Gasteiger partial charge in [-0.2, -0.15) is 0 Å². The molecule has 0 radical (unpaired) electrons. The maximum absolute atomic E-state index is 9.87. The van der Waals surface area contributed by atoms with Gasteiger partial charge in [0.1, 0.15) is 5.75 Å². The Morgan fingerprint density at radius 1 is 1.50 bits per heavy atom. The van der Waals surface area contributed by atoms with Gasteiger partial charge in [0.05, 0.1) is 18.4 Å². The van der Waals surface area contributed by atoms with E-state index < -0.39 is 0 Å². The van der Waals surface area contributed by atoms with E-state index in [1.807, 2.05) is 13.0 Å². The topological polar surface area (TPSA) is 45.6 Å². The largest absolute Gasteiger partial charge is 0.506 e. The molecule has 2 heterocycles. The van der Waals surface area contributed by atoms with Crippen molar-refractivity contribution >= 4 is 0 Å². The molecule has 4 heteroatoms. The molecule has 1 aliphatic rings. The van der Waals surface area contributed by atoms with Gasteiger partial charge in [-0.15, -0.1) is 0 Å². The number of aromatic hydroxyl groups is 1. The zero-order valence-corrected chi connectivity index (χ0v) is 11.4. The second kappa shape index (κ2) is 5.67. The molecule has 2 unspecified atom stereocenters. The molecule has 0 spiro atoms. The first-order valence-corrected chi connectivity index (χ1v) is 6.61. The number of nitrogens with zero attached hydrogens (tertiary/aromatic N) is 2. The van der Waals surface area contributed by atoms with Crippen molar-refractivity contribution in [1.82, 2.24) is 9.88 Å². The van der Waals surface area contributed by atoms with Crippen LogP contribution in [0.15, 0.2) is 12.1 Å². The first kappa shape index (κ1) is 13.3. The lowest BCUT2D eigenvalue weighted by molar-refractivity contribution is -0.0597. The molecule has 0 aromatic carbocycles. The van der Waals surface area contributed by atoms with Crippen LogP contribution >= 0.6 is 0 Å². The highest BCUT2D eigenvalue weighted by molar-refractivity contribution is 5.27. The van der Waals surface area contributed by atoms with Crippen LogP contribution in [0.2, 0.25) is 0 Å². The van der Waals surface area contributed by atoms with Crippen molar-refractivity contribution in [2.75, 3.05) is 13.2 Å². The molecule has 1 aromatic rings. The third-order valence-corrected chi connectivity index (χ3v) is 3.49. The minimum atomic E-state index is 0.250. The highest BCUT2D eigenvalue weighted by Crippen LogP contribution is 2.21. The predicted molar refractivity (Wildman–Crippen MR) is 70.5 cm³/mol. The van der Waals surface area contributed by atoms with E-state index in [0.29, 0.717) is 12.6 Å². The third-order valence-electron chi connectivity index (χ3n) is 3.49. The van der Waals surface area contributed by atoms with Crippen molar-refractivity contribution in [3.8, 4) is 5.75 Å². The second-order valence-electron chi connectivity index (χ2n) is 5.05. The van der Waals surface area contributed by atoms with Crippen molar-refractivity contribution in [3.63, 3.8) is 0 Å². The average molecular weight is 250 g/mol. The molecule has 0 amide bonds. The van der Waals surface area contributed by atoms with Gasteiger partial charge in [-0.1, -0.05) is 6.92 Å². The van der Waals surface area contributed by atoms with Crippen LogP contribution in [0.5, 0.6) is 5.75 Å². The van der Waals surface area contributed by atoms with Gasteiger partial charge in [-0.25, -0.2) is 0 Å². The first-order valence-electron chi connectivity index (χ1n) is 6.61. The zero-order valence-electron chi connectivity index (χ0n) is 11.4. The van der Waals surface area contributed by atoms with Crippen molar-refractivity contribution < 1.29 is 9.84 Å². The van der Waals surface area contributed by atoms with Crippen LogP contribution < -0.4 is 0 Å². The van der Waals surface area contributed by atoms with E-state index in [9.17, 15) is 5.11 Å². The molecule has 1 aliphatic heterocycles. The SMILES string of the molecule is CCC1COC(C)CN1Cc1nc(C)ccc1O. The lowest BCUT2D eigenvalue weighted by Gasteiger charge is -2.38. The fourth-order valence-electron chi connectivity index (χ4n) is 2.39. The molecule has 0 saturated carbocycles. The monoisotopic (exact) mass is 250 g/mol. The Morgan fingerprint density at radius 3 is 3.00 bits per heavy atom. The van der Waals surface area contributed by atoms with Crippen molar-refractivity contribution in [1.29, 1.82) is 0 Å². The number of pyridine rings is 1. The molecule has 1 fully saturated rings. The first-order chi connectivity index (χ1) is 8.60. The van der Waals surface area contributed by atoms with Crippen LogP contribution in [0.4, 0.5) is 0 Å². The summed E-state index contributed by atoms with van der Waals surface area (Å²) in [7, 11) is 0. The van der Waals surface area contributed by atoms with Gasteiger partial charge in [0.2, 0.25) is 0 Å². The molecule has 2 rings (SSSR count). The van der Waals surface area contributed by atoms with E-state index >= 15 is 0 Å². The van der Waals surface area contributed by atoms with E-state index in [1.165, 1.54) is 0 Å². The number of ether oxygens (including phenoxy) is 1. The lowest BCUT2D eigenvalue weighted by atomic mass is 10.1. The Balaban J connectivity index is 2.12. The number of hydrogen-bond acceptors (Lipinski definition) is 4. The van der Waals surface area contributed by atoms with Gasteiger partial charge in [0.25, 0.3) is 0 Å². The van der Waals surface area contributed by atoms with Gasteiger partial charge in [0, 0.05) is 24.8 Å². The lowest BCUT2D eigenvalue weighted by Crippen LogP contribution is -2.48. The summed E-state index contributed by atoms with van der Waals surface area (Å²) in [6.45, 7) is 8.56. The maximum Gasteiger partial charge on any atom is 0.138 e. The van der Waals surface area contributed by atoms with Gasteiger partial charge < -0.3 is 9.84 Å². The molecule has 100 valence electrons. The summed E-state index contributed by atoms with van der Waals surface area (Å²) in [5.41, 5.74) is 1.71. The summed E-state index contributed by atoms with van der Waals surface area (Å²) in [6, 6.07) is 3.98. The highest BCUT2D eigenvalue weighted by atomic mass is 16.5. The minimum Gasteiger partial charge on any atom is -0.506 e. The molecular formula is C14H22N2O2. The quantitative estimate of drug-likeness (QED) is 0.892. The summed E-state index contributed by atoms with van der Waals surface area (Å²) < 4.78 is 5.68. The highest BCUT2D eigenvalue weighted by Gasteiger charge is 2.26. The number of rotatable bonds is 3. The fourth-order valence-corrected chi connectivity index (χ4v) is 2.39. The fraction of sp³-hybridized carbons (Fsp3) is 0.643. The summed E-state index contributed by atoms with van der Waals surface area (Å²) in [5.74, 6) is 0.287. The number of aromatic nitrogens is 1. The van der Waals surface area contributed by atoms with E-state index in [-0.39, 0.29) is 11.9 Å². The summed E-state index contributed by atoms with van der Waals surface area (Å²) >= 11 is 0. The van der Waals surface area contributed by atoms with E-state index in [2.05, 4.69) is 23.7 Å². The van der Waals surface area contributed by atoms with Gasteiger partial charge >= 0.3 is 0 Å². The van der Waals surface area contributed by atoms with Crippen molar-refractivity contribution in [2.24, 2.45) is 0 Å². The standard InChI is InChI=1S/C14H22N2O2/c1-4-12-9-18-11(3)7-16(12)8-13-14(17)6-5-10(2)15-13/h5-6,11-12,17H,4,7-9H2,1-3H3. The Morgan fingerprint density at radius 2 is 2.28 bits per heavy atom. The molecule has 0 aliphatic carbocycles. The molecule has 1 saturated heterocycles. The minimum absolute atomic E-state index is 0.250. The van der Waals surface area contributed by atoms with Crippen LogP contribution in [0.25, 0.3) is 0 Å². The molecule has 18 heavy (non-hydrogen) atoms. The van der Waals surface area contributed by atoms with E-state index in [1.54, 1.807) is 6.07 Å². The van der Waals surface area contributed by atoms with Gasteiger partial charge in [-0.3, -0.25) is 9.88 Å². The molecule has 0 bridgehead atoms. The summed E-state index contributed by atoms with van der Waals surface area (Å²) in [5, 5.41) is 9.87. The summed E-state index contributed by atoms with van der Waals surface area (Å²) in [4.78, 5) is 6.78. The van der Waals surface area contributed by atoms with Crippen LogP contribution in [-0.2, 0) is 11.3 Å². The molecule has 1 N–H and O–H groups in total. The second-order valence-corrected chi connectivity index (χ2v) is 5.05. The summed E-state index contributed by atoms with van der Waals surface area (Å²) in [6.07, 6.45) is 1.30. The van der Waals surface area contributed by atoms with Crippen LogP contribution in [-0.4, -0.2) is 40.3 Å². The Bertz CT molecular complexity index is 409. The molecule has 2 atom stereocenters. The van der Waals surface area contributed by atoms with Gasteiger partial charge in [0.15, 0.2) is 0 Å². The van der Waals surface area contributed by atoms with Crippen LogP contribution in [0.1, 0.15) is 31.7 Å². The Hall–Kier alpha value is -1.13. The number of aryl methyl sites for hydroxylation is 1. The van der Waals surface area contributed by atoms with E-state index in [4.69, 9.17) is 4.74 Å². The van der Waals surface area contributed by atoms with Gasteiger partial charge in [-0.05, 0) is 32.4 Å². The molecule has 1 aromatic heterocycles. The van der Waals surface area contributed by atoms with Crippen LogP contribution in [0, 0.1) is 6.92 Å². The van der Waals surface area contributed by atoms with E-state index in [0.717, 1.165) is 31.0 Å². The number of hydrogen-bond donors (Lipinski definition) is 1. The average Bonchev–Trinajstić information content (AvgIpc) is 2.34. The smallest absolute Gasteiger partial charge is 0.138 e. The molecule has 4 nitrogen and oxygen atoms in total. The Kier molecular flexibility index (Phi) is 4.19. The zero-order chi connectivity index (χ0) is 13.1. The molecular weight excluding hydrogens is 228 g/mol. The predicted octanol–water partition coefficient (Wildman–Crippen LogP) is 2.09. The number of morpholine rings is 1. The Labute approximate surface area is 109 Å². The van der Waals surface area contributed by atoms with Crippen molar-refractivity contribution in [3.05, 3.63) is 23.5 Å². The normalized spacial score (nSPS) is 25.3.